The van der Waals surface area contributed by atoms with Crippen molar-refractivity contribution in [1.82, 2.24) is 0 Å². The van der Waals surface area contributed by atoms with Gasteiger partial charge in [0.05, 0.1) is 6.42 Å². The fourth-order valence-electron chi connectivity index (χ4n) is 2.12. The average Bonchev–Trinajstić information content (AvgIpc) is 2.31. The molecule has 2 rings (SSSR count). The normalized spacial score (nSPS) is 16.4. The smallest absolute Gasteiger partial charge is 0.234 e. The number of ketones is 1. The van der Waals surface area contributed by atoms with Gasteiger partial charge in [0.2, 0.25) is 5.91 Å². The molecule has 3 nitrogen and oxygen atoms in total. The molecule has 17 heavy (non-hydrogen) atoms. The van der Waals surface area contributed by atoms with Gasteiger partial charge >= 0.3 is 0 Å². The molecule has 3 heteroatoms. The third-order valence-electron chi connectivity index (χ3n) is 3.05. The summed E-state index contributed by atoms with van der Waals surface area (Å²) in [5.74, 6) is -0.0293. The van der Waals surface area contributed by atoms with Crippen molar-refractivity contribution in [3.05, 3.63) is 29.8 Å². The van der Waals surface area contributed by atoms with Gasteiger partial charge in [-0.25, -0.2) is 0 Å². The van der Waals surface area contributed by atoms with Crippen LogP contribution in [0.5, 0.6) is 0 Å². The first kappa shape index (κ1) is 11.8. The van der Waals surface area contributed by atoms with Crippen molar-refractivity contribution in [2.45, 2.75) is 32.6 Å². The SMILES string of the molecule is CCCc1ccc(N2CCC(=O)CC2=O)cc1. The zero-order chi connectivity index (χ0) is 12.3. The van der Waals surface area contributed by atoms with Crippen molar-refractivity contribution in [1.29, 1.82) is 0 Å². The summed E-state index contributed by atoms with van der Waals surface area (Å²) in [6.07, 6.45) is 2.71. The molecule has 1 aliphatic heterocycles. The predicted octanol–water partition coefficient (Wildman–Crippen LogP) is 2.33. The number of piperidine rings is 1. The number of carbonyl (C=O) groups is 2. The number of benzene rings is 1. The van der Waals surface area contributed by atoms with Crippen molar-refractivity contribution in [3.63, 3.8) is 0 Å². The Morgan fingerprint density at radius 3 is 2.47 bits per heavy atom. The molecule has 1 aromatic carbocycles. The van der Waals surface area contributed by atoms with Crippen LogP contribution in [0.3, 0.4) is 0 Å². The van der Waals surface area contributed by atoms with Gasteiger partial charge in [0.15, 0.2) is 0 Å². The summed E-state index contributed by atoms with van der Waals surface area (Å²) in [4.78, 5) is 24.6. The second-order valence-corrected chi connectivity index (χ2v) is 4.43. The Bertz CT molecular complexity index is 422. The van der Waals surface area contributed by atoms with Gasteiger partial charge < -0.3 is 4.90 Å². The number of hydrogen-bond donors (Lipinski definition) is 0. The molecule has 0 spiro atoms. The lowest BCUT2D eigenvalue weighted by molar-refractivity contribution is -0.128. The van der Waals surface area contributed by atoms with Gasteiger partial charge in [0.1, 0.15) is 5.78 Å². The summed E-state index contributed by atoms with van der Waals surface area (Å²) >= 11 is 0. The van der Waals surface area contributed by atoms with Gasteiger partial charge in [0, 0.05) is 18.7 Å². The highest BCUT2D eigenvalue weighted by Crippen LogP contribution is 2.20. The van der Waals surface area contributed by atoms with E-state index in [4.69, 9.17) is 0 Å². The number of hydrogen-bond acceptors (Lipinski definition) is 2. The fraction of sp³-hybridized carbons (Fsp3) is 0.429. The van der Waals surface area contributed by atoms with Crippen LogP contribution in [0.4, 0.5) is 5.69 Å². The van der Waals surface area contributed by atoms with E-state index >= 15 is 0 Å². The molecular formula is C14H17NO2. The van der Waals surface area contributed by atoms with Crippen LogP contribution in [-0.2, 0) is 16.0 Å². The molecule has 0 radical (unpaired) electrons. The first-order valence-corrected chi connectivity index (χ1v) is 6.11. The van der Waals surface area contributed by atoms with Crippen molar-refractivity contribution < 1.29 is 9.59 Å². The number of amides is 1. The zero-order valence-electron chi connectivity index (χ0n) is 10.1. The summed E-state index contributed by atoms with van der Waals surface area (Å²) < 4.78 is 0. The lowest BCUT2D eigenvalue weighted by Crippen LogP contribution is -2.38. The van der Waals surface area contributed by atoms with Gasteiger partial charge in [-0.3, -0.25) is 9.59 Å². The van der Waals surface area contributed by atoms with Crippen LogP contribution in [-0.4, -0.2) is 18.2 Å². The minimum absolute atomic E-state index is 0.0499. The van der Waals surface area contributed by atoms with E-state index in [1.807, 2.05) is 12.1 Å². The molecular weight excluding hydrogens is 214 g/mol. The molecule has 1 aliphatic rings. The summed E-state index contributed by atoms with van der Waals surface area (Å²) in [7, 11) is 0. The summed E-state index contributed by atoms with van der Waals surface area (Å²) in [5.41, 5.74) is 2.19. The Hall–Kier alpha value is -1.64. The van der Waals surface area contributed by atoms with E-state index < -0.39 is 0 Å². The second-order valence-electron chi connectivity index (χ2n) is 4.43. The number of carbonyl (C=O) groups excluding carboxylic acids is 2. The number of nitrogens with zero attached hydrogens (tertiary/aromatic N) is 1. The monoisotopic (exact) mass is 231 g/mol. The van der Waals surface area contributed by atoms with Gasteiger partial charge in [-0.2, -0.15) is 0 Å². The lowest BCUT2D eigenvalue weighted by atomic mass is 10.1. The molecule has 0 bridgehead atoms. The molecule has 1 amide bonds. The Kier molecular flexibility index (Phi) is 3.57. The molecule has 0 saturated carbocycles. The van der Waals surface area contributed by atoms with Crippen molar-refractivity contribution >= 4 is 17.4 Å². The van der Waals surface area contributed by atoms with Crippen LogP contribution in [0.25, 0.3) is 0 Å². The van der Waals surface area contributed by atoms with E-state index in [2.05, 4.69) is 19.1 Å². The van der Waals surface area contributed by atoms with Crippen LogP contribution in [0.2, 0.25) is 0 Å². The van der Waals surface area contributed by atoms with E-state index in [-0.39, 0.29) is 18.1 Å². The van der Waals surface area contributed by atoms with Gasteiger partial charge in [0.25, 0.3) is 0 Å². The summed E-state index contributed by atoms with van der Waals surface area (Å²) in [5, 5.41) is 0. The van der Waals surface area contributed by atoms with Crippen molar-refractivity contribution in [2.24, 2.45) is 0 Å². The van der Waals surface area contributed by atoms with Gasteiger partial charge in [-0.05, 0) is 24.1 Å². The van der Waals surface area contributed by atoms with Gasteiger partial charge in [-0.1, -0.05) is 25.5 Å². The lowest BCUT2D eigenvalue weighted by Gasteiger charge is -2.26. The predicted molar refractivity (Wildman–Crippen MR) is 67.0 cm³/mol. The Morgan fingerprint density at radius 1 is 1.18 bits per heavy atom. The maximum Gasteiger partial charge on any atom is 0.234 e. The molecule has 0 unspecified atom stereocenters. The Balaban J connectivity index is 2.11. The Labute approximate surface area is 101 Å². The zero-order valence-corrected chi connectivity index (χ0v) is 10.1. The number of aryl methyl sites for hydroxylation is 1. The molecule has 1 fully saturated rings. The minimum Gasteiger partial charge on any atom is -0.312 e. The number of Topliss-reactive ketones (excluding diaryl/α,β-unsaturated/α-hetero) is 1. The highest BCUT2D eigenvalue weighted by Gasteiger charge is 2.24. The second kappa shape index (κ2) is 5.13. The van der Waals surface area contributed by atoms with Crippen LogP contribution in [0.15, 0.2) is 24.3 Å². The number of anilines is 1. The largest absolute Gasteiger partial charge is 0.312 e. The van der Waals surface area contributed by atoms with E-state index in [0.29, 0.717) is 13.0 Å². The van der Waals surface area contributed by atoms with E-state index in [1.54, 1.807) is 4.90 Å². The van der Waals surface area contributed by atoms with E-state index in [1.165, 1.54) is 5.56 Å². The quantitative estimate of drug-likeness (QED) is 0.749. The molecule has 1 saturated heterocycles. The number of rotatable bonds is 3. The minimum atomic E-state index is -0.0792. The molecule has 1 heterocycles. The first-order valence-electron chi connectivity index (χ1n) is 6.11. The van der Waals surface area contributed by atoms with Crippen molar-refractivity contribution in [3.8, 4) is 0 Å². The maximum absolute atomic E-state index is 11.7. The average molecular weight is 231 g/mol. The van der Waals surface area contributed by atoms with Crippen LogP contribution in [0.1, 0.15) is 31.7 Å². The van der Waals surface area contributed by atoms with E-state index in [0.717, 1.165) is 18.5 Å². The summed E-state index contributed by atoms with van der Waals surface area (Å²) in [6, 6.07) is 8.06. The third kappa shape index (κ3) is 2.73. The standard InChI is InChI=1S/C14H17NO2/c1-2-3-11-4-6-12(7-5-11)15-9-8-13(16)10-14(15)17/h4-7H,2-3,8-10H2,1H3. The molecule has 90 valence electrons. The molecule has 0 atom stereocenters. The highest BCUT2D eigenvalue weighted by molar-refractivity contribution is 6.08. The van der Waals surface area contributed by atoms with E-state index in [9.17, 15) is 9.59 Å². The van der Waals surface area contributed by atoms with Crippen LogP contribution < -0.4 is 4.90 Å². The summed E-state index contributed by atoms with van der Waals surface area (Å²) in [6.45, 7) is 2.67. The third-order valence-corrected chi connectivity index (χ3v) is 3.05. The molecule has 0 aliphatic carbocycles. The molecule has 0 N–H and O–H groups in total. The molecule has 0 aromatic heterocycles. The Morgan fingerprint density at radius 2 is 1.88 bits per heavy atom. The fourth-order valence-corrected chi connectivity index (χ4v) is 2.12. The topological polar surface area (TPSA) is 37.4 Å². The van der Waals surface area contributed by atoms with Crippen molar-refractivity contribution in [2.75, 3.05) is 11.4 Å². The van der Waals surface area contributed by atoms with Gasteiger partial charge in [-0.15, -0.1) is 0 Å². The first-order chi connectivity index (χ1) is 8.20. The molecule has 1 aromatic rings. The van der Waals surface area contributed by atoms with Crippen LogP contribution in [0, 0.1) is 0 Å². The highest BCUT2D eigenvalue weighted by atomic mass is 16.2. The van der Waals surface area contributed by atoms with Crippen LogP contribution >= 0.6 is 0 Å². The maximum atomic E-state index is 11.7.